The fraction of sp³-hybridized carbons (Fsp3) is 0.133. The smallest absolute Gasteiger partial charge is 0.165 e. The number of ether oxygens (including phenoxy) is 1. The summed E-state index contributed by atoms with van der Waals surface area (Å²) in [5.74, 6) is -0.124. The van der Waals surface area contributed by atoms with E-state index in [9.17, 15) is 4.39 Å². The average Bonchev–Trinajstić information content (AvgIpc) is 2.43. The second-order valence-corrected chi connectivity index (χ2v) is 3.86. The minimum absolute atomic E-state index is 0.260. The van der Waals surface area contributed by atoms with Crippen LogP contribution < -0.4 is 10.2 Å². The fourth-order valence-electron chi connectivity index (χ4n) is 1.56. The lowest BCUT2D eigenvalue weighted by Crippen LogP contribution is -1.96. The molecule has 0 atom stereocenters. The van der Waals surface area contributed by atoms with Crippen LogP contribution in [-0.4, -0.2) is 12.8 Å². The Morgan fingerprint density at radius 1 is 1.21 bits per heavy atom. The molecule has 0 amide bonds. The van der Waals surface area contributed by atoms with Gasteiger partial charge in [0.2, 0.25) is 0 Å². The van der Waals surface area contributed by atoms with Crippen molar-refractivity contribution in [3.8, 4) is 5.75 Å². The highest BCUT2D eigenvalue weighted by atomic mass is 19.1. The zero-order chi connectivity index (χ0) is 13.5. The molecular weight excluding hydrogens is 243 g/mol. The van der Waals surface area contributed by atoms with Crippen LogP contribution >= 0.6 is 0 Å². The zero-order valence-corrected chi connectivity index (χ0v) is 10.6. The molecule has 4 heteroatoms. The van der Waals surface area contributed by atoms with Crippen LogP contribution in [0.4, 0.5) is 10.1 Å². The number of rotatable bonds is 5. The third-order valence-electron chi connectivity index (χ3n) is 2.44. The molecule has 19 heavy (non-hydrogen) atoms. The van der Waals surface area contributed by atoms with E-state index >= 15 is 0 Å². The van der Waals surface area contributed by atoms with E-state index in [1.165, 1.54) is 6.07 Å². The van der Waals surface area contributed by atoms with E-state index in [1.54, 1.807) is 18.3 Å². The van der Waals surface area contributed by atoms with E-state index in [-0.39, 0.29) is 11.6 Å². The second kappa shape index (κ2) is 6.54. The van der Waals surface area contributed by atoms with Gasteiger partial charge in [0, 0.05) is 0 Å². The van der Waals surface area contributed by atoms with Crippen LogP contribution in [0.5, 0.6) is 5.75 Å². The number of para-hydroxylation sites is 1. The molecule has 0 heterocycles. The zero-order valence-electron chi connectivity index (χ0n) is 10.6. The first kappa shape index (κ1) is 13.1. The van der Waals surface area contributed by atoms with Gasteiger partial charge in [-0.15, -0.1) is 0 Å². The number of hydrazone groups is 1. The Morgan fingerprint density at radius 2 is 2.00 bits per heavy atom. The summed E-state index contributed by atoms with van der Waals surface area (Å²) in [6.45, 7) is 2.26. The van der Waals surface area contributed by atoms with Crippen LogP contribution in [0.15, 0.2) is 53.6 Å². The van der Waals surface area contributed by atoms with E-state index < -0.39 is 0 Å². The van der Waals surface area contributed by atoms with Gasteiger partial charge in [0.1, 0.15) is 0 Å². The predicted molar refractivity (Wildman–Crippen MR) is 75.2 cm³/mol. The van der Waals surface area contributed by atoms with Crippen LogP contribution in [0.25, 0.3) is 0 Å². The number of benzene rings is 2. The molecule has 0 aliphatic carbocycles. The highest BCUT2D eigenvalue weighted by Gasteiger charge is 2.02. The molecule has 0 aliphatic heterocycles. The standard InChI is InChI=1S/C15H15FN2O/c1-2-19-15-9-8-12(10-14(15)16)11-17-18-13-6-4-3-5-7-13/h3-11,18H,2H2,1H3. The van der Waals surface area contributed by atoms with Gasteiger partial charge in [-0.2, -0.15) is 5.10 Å². The number of nitrogens with one attached hydrogen (secondary N) is 1. The molecule has 2 rings (SSSR count). The third kappa shape index (κ3) is 3.81. The minimum atomic E-state index is -0.384. The van der Waals surface area contributed by atoms with E-state index in [4.69, 9.17) is 4.74 Å². The molecule has 0 saturated heterocycles. The summed E-state index contributed by atoms with van der Waals surface area (Å²) in [7, 11) is 0. The SMILES string of the molecule is CCOc1ccc(C=NNc2ccccc2)cc1F. The molecule has 2 aromatic rings. The van der Waals surface area contributed by atoms with E-state index in [0.29, 0.717) is 12.2 Å². The molecular formula is C15H15FN2O. The van der Waals surface area contributed by atoms with Crippen molar-refractivity contribution in [1.29, 1.82) is 0 Å². The summed E-state index contributed by atoms with van der Waals surface area (Å²) < 4.78 is 18.7. The van der Waals surface area contributed by atoms with Crippen molar-refractivity contribution in [2.45, 2.75) is 6.92 Å². The Morgan fingerprint density at radius 3 is 2.68 bits per heavy atom. The molecule has 0 spiro atoms. The van der Waals surface area contributed by atoms with Crippen molar-refractivity contribution in [3.05, 3.63) is 59.9 Å². The molecule has 0 bridgehead atoms. The summed E-state index contributed by atoms with van der Waals surface area (Å²) >= 11 is 0. The number of halogens is 1. The second-order valence-electron chi connectivity index (χ2n) is 3.86. The van der Waals surface area contributed by atoms with E-state index in [1.807, 2.05) is 37.3 Å². The molecule has 2 aromatic carbocycles. The van der Waals surface area contributed by atoms with Gasteiger partial charge in [-0.25, -0.2) is 4.39 Å². The van der Waals surface area contributed by atoms with Gasteiger partial charge in [-0.05, 0) is 42.8 Å². The number of hydrogen-bond donors (Lipinski definition) is 1. The molecule has 0 unspecified atom stereocenters. The van der Waals surface area contributed by atoms with Gasteiger partial charge in [0.25, 0.3) is 0 Å². The van der Waals surface area contributed by atoms with Gasteiger partial charge in [-0.3, -0.25) is 5.43 Å². The maximum Gasteiger partial charge on any atom is 0.165 e. The van der Waals surface area contributed by atoms with Crippen molar-refractivity contribution in [3.63, 3.8) is 0 Å². The quantitative estimate of drug-likeness (QED) is 0.655. The summed E-state index contributed by atoms with van der Waals surface area (Å²) in [4.78, 5) is 0. The first-order valence-corrected chi connectivity index (χ1v) is 6.06. The number of nitrogens with zero attached hydrogens (tertiary/aromatic N) is 1. The van der Waals surface area contributed by atoms with Crippen molar-refractivity contribution in [2.75, 3.05) is 12.0 Å². The molecule has 0 fully saturated rings. The molecule has 98 valence electrons. The predicted octanol–water partition coefficient (Wildman–Crippen LogP) is 3.67. The lowest BCUT2D eigenvalue weighted by Gasteiger charge is -2.04. The lowest BCUT2D eigenvalue weighted by atomic mass is 10.2. The highest BCUT2D eigenvalue weighted by molar-refractivity contribution is 5.80. The molecule has 0 radical (unpaired) electrons. The Bertz CT molecular complexity index is 555. The average molecular weight is 258 g/mol. The largest absolute Gasteiger partial charge is 0.491 e. The number of anilines is 1. The molecule has 1 N–H and O–H groups in total. The Kier molecular flexibility index (Phi) is 4.50. The van der Waals surface area contributed by atoms with Crippen molar-refractivity contribution in [1.82, 2.24) is 0 Å². The highest BCUT2D eigenvalue weighted by Crippen LogP contribution is 2.17. The van der Waals surface area contributed by atoms with Gasteiger partial charge in [0.05, 0.1) is 18.5 Å². The Labute approximate surface area is 111 Å². The van der Waals surface area contributed by atoms with Crippen molar-refractivity contribution in [2.24, 2.45) is 5.10 Å². The number of hydrogen-bond acceptors (Lipinski definition) is 3. The van der Waals surface area contributed by atoms with E-state index in [2.05, 4.69) is 10.5 Å². The van der Waals surface area contributed by atoms with Crippen LogP contribution in [-0.2, 0) is 0 Å². The van der Waals surface area contributed by atoms with Gasteiger partial charge in [0.15, 0.2) is 11.6 Å². The van der Waals surface area contributed by atoms with Crippen molar-refractivity contribution < 1.29 is 9.13 Å². The molecule has 0 aromatic heterocycles. The molecule has 0 saturated carbocycles. The molecule has 3 nitrogen and oxygen atoms in total. The maximum atomic E-state index is 13.6. The van der Waals surface area contributed by atoms with Gasteiger partial charge >= 0.3 is 0 Å². The Hall–Kier alpha value is -2.36. The monoisotopic (exact) mass is 258 g/mol. The summed E-state index contributed by atoms with van der Waals surface area (Å²) in [5.41, 5.74) is 4.42. The fourth-order valence-corrected chi connectivity index (χ4v) is 1.56. The van der Waals surface area contributed by atoms with Crippen molar-refractivity contribution >= 4 is 11.9 Å². The summed E-state index contributed by atoms with van der Waals surface area (Å²) in [6.07, 6.45) is 1.56. The minimum Gasteiger partial charge on any atom is -0.491 e. The Balaban J connectivity index is 2.01. The first-order valence-electron chi connectivity index (χ1n) is 6.06. The molecule has 0 aliphatic rings. The van der Waals surface area contributed by atoms with Gasteiger partial charge in [-0.1, -0.05) is 18.2 Å². The van der Waals surface area contributed by atoms with Crippen LogP contribution in [0.3, 0.4) is 0 Å². The van der Waals surface area contributed by atoms with Crippen LogP contribution in [0.2, 0.25) is 0 Å². The van der Waals surface area contributed by atoms with Gasteiger partial charge < -0.3 is 4.74 Å². The van der Waals surface area contributed by atoms with Crippen LogP contribution in [0.1, 0.15) is 12.5 Å². The topological polar surface area (TPSA) is 33.6 Å². The maximum absolute atomic E-state index is 13.6. The third-order valence-corrected chi connectivity index (χ3v) is 2.44. The lowest BCUT2D eigenvalue weighted by molar-refractivity contribution is 0.321. The van der Waals surface area contributed by atoms with E-state index in [0.717, 1.165) is 5.69 Å². The first-order chi connectivity index (χ1) is 9.29. The normalized spacial score (nSPS) is 10.6. The van der Waals surface area contributed by atoms with Crippen LogP contribution in [0, 0.1) is 5.82 Å². The summed E-state index contributed by atoms with van der Waals surface area (Å²) in [5, 5.41) is 4.05. The summed E-state index contributed by atoms with van der Waals surface area (Å²) in [6, 6.07) is 14.3.